The van der Waals surface area contributed by atoms with Gasteiger partial charge < -0.3 is 19.9 Å². The van der Waals surface area contributed by atoms with Crippen molar-refractivity contribution in [1.29, 1.82) is 0 Å². The van der Waals surface area contributed by atoms with E-state index in [0.29, 0.717) is 62.1 Å². The average molecular weight is 440 g/mol. The molecular formula is C22H29N7O3. The van der Waals surface area contributed by atoms with Crippen LogP contribution in [-0.4, -0.2) is 57.4 Å². The van der Waals surface area contributed by atoms with Crippen molar-refractivity contribution < 1.29 is 14.3 Å². The van der Waals surface area contributed by atoms with Gasteiger partial charge in [0, 0.05) is 31.7 Å². The van der Waals surface area contributed by atoms with Gasteiger partial charge in [0.2, 0.25) is 11.9 Å². The Kier molecular flexibility index (Phi) is 6.13. The zero-order valence-corrected chi connectivity index (χ0v) is 18.7. The van der Waals surface area contributed by atoms with Crippen LogP contribution in [0.1, 0.15) is 46.8 Å². The molecule has 0 bridgehead atoms. The molecule has 10 nitrogen and oxygen atoms in total. The number of ether oxygens (including phenoxy) is 1. The first-order chi connectivity index (χ1) is 15.4. The molecule has 0 aliphatic carbocycles. The first-order valence-corrected chi connectivity index (χ1v) is 11.0. The minimum atomic E-state index is -0.514. The number of nitrogens with two attached hydrogens (primary N) is 1. The summed E-state index contributed by atoms with van der Waals surface area (Å²) in [5, 5.41) is 7.32. The number of nitrogens with one attached hydrogen (secondary N) is 1. The van der Waals surface area contributed by atoms with E-state index < -0.39 is 5.91 Å². The minimum Gasteiger partial charge on any atom is -0.378 e. The summed E-state index contributed by atoms with van der Waals surface area (Å²) in [5.41, 5.74) is 9.60. The number of amides is 2. The van der Waals surface area contributed by atoms with Crippen LogP contribution in [0.15, 0.2) is 18.2 Å². The van der Waals surface area contributed by atoms with Crippen LogP contribution in [-0.2, 0) is 17.8 Å². The highest BCUT2D eigenvalue weighted by molar-refractivity contribution is 6.05. The van der Waals surface area contributed by atoms with Gasteiger partial charge in [-0.25, -0.2) is 4.98 Å². The molecule has 1 aliphatic rings. The molecule has 1 aromatic carbocycles. The molecule has 1 fully saturated rings. The number of fused-ring (bicyclic) bond motifs is 1. The maximum Gasteiger partial charge on any atom is 0.276 e. The second-order valence-corrected chi connectivity index (χ2v) is 7.85. The summed E-state index contributed by atoms with van der Waals surface area (Å²) >= 11 is 0. The number of nitrogens with zero attached hydrogens (tertiary/aromatic N) is 5. The van der Waals surface area contributed by atoms with Crippen LogP contribution >= 0.6 is 0 Å². The van der Waals surface area contributed by atoms with Crippen LogP contribution in [0.5, 0.6) is 0 Å². The summed E-state index contributed by atoms with van der Waals surface area (Å²) in [6.07, 6.45) is 0.848. The Morgan fingerprint density at radius 1 is 1.19 bits per heavy atom. The third-order valence-electron chi connectivity index (χ3n) is 5.56. The Labute approximate surface area is 186 Å². The van der Waals surface area contributed by atoms with Crippen LogP contribution in [0.3, 0.4) is 0 Å². The highest BCUT2D eigenvalue weighted by atomic mass is 16.5. The Morgan fingerprint density at radius 3 is 2.59 bits per heavy atom. The highest BCUT2D eigenvalue weighted by Crippen LogP contribution is 2.32. The van der Waals surface area contributed by atoms with E-state index in [-0.39, 0.29) is 5.91 Å². The Bertz CT molecular complexity index is 1160. The second-order valence-electron chi connectivity index (χ2n) is 7.85. The van der Waals surface area contributed by atoms with E-state index in [0.717, 1.165) is 23.3 Å². The van der Waals surface area contributed by atoms with Crippen molar-refractivity contribution in [1.82, 2.24) is 19.3 Å². The molecule has 0 radical (unpaired) electrons. The molecule has 10 heteroatoms. The van der Waals surface area contributed by atoms with Crippen molar-refractivity contribution in [3.05, 3.63) is 35.2 Å². The number of morpholine rings is 1. The predicted octanol–water partition coefficient (Wildman–Crippen LogP) is 2.16. The summed E-state index contributed by atoms with van der Waals surface area (Å²) in [7, 11) is 0. The van der Waals surface area contributed by atoms with Gasteiger partial charge in [0.15, 0.2) is 0 Å². The largest absolute Gasteiger partial charge is 0.378 e. The third-order valence-corrected chi connectivity index (χ3v) is 5.56. The van der Waals surface area contributed by atoms with Crippen molar-refractivity contribution in [2.75, 3.05) is 36.5 Å². The molecule has 2 amide bonds. The number of hydrogen-bond acceptors (Lipinski definition) is 6. The number of primary amides is 1. The highest BCUT2D eigenvalue weighted by Gasteiger charge is 2.23. The Morgan fingerprint density at radius 2 is 1.94 bits per heavy atom. The van der Waals surface area contributed by atoms with Gasteiger partial charge in [-0.05, 0) is 38.5 Å². The van der Waals surface area contributed by atoms with E-state index in [9.17, 15) is 9.59 Å². The summed E-state index contributed by atoms with van der Waals surface area (Å²) in [4.78, 5) is 31.9. The monoisotopic (exact) mass is 439 g/mol. The molecule has 2 aromatic heterocycles. The summed E-state index contributed by atoms with van der Waals surface area (Å²) in [6.45, 7) is 9.72. The number of rotatable bonds is 7. The number of hydrogen-bond donors (Lipinski definition) is 2. The Hall–Kier alpha value is -3.40. The van der Waals surface area contributed by atoms with Crippen molar-refractivity contribution >= 4 is 34.5 Å². The molecule has 3 heterocycles. The van der Waals surface area contributed by atoms with Gasteiger partial charge in [0.25, 0.3) is 5.91 Å². The minimum absolute atomic E-state index is 0.275. The molecule has 0 spiro atoms. The lowest BCUT2D eigenvalue weighted by Crippen LogP contribution is -2.36. The van der Waals surface area contributed by atoms with Gasteiger partial charge >= 0.3 is 0 Å². The van der Waals surface area contributed by atoms with Crippen LogP contribution in [0.4, 0.5) is 11.6 Å². The maximum atomic E-state index is 13.1. The summed E-state index contributed by atoms with van der Waals surface area (Å²) in [5.74, 6) is -0.355. The first-order valence-electron chi connectivity index (χ1n) is 11.0. The van der Waals surface area contributed by atoms with E-state index in [4.69, 9.17) is 15.5 Å². The smallest absolute Gasteiger partial charge is 0.276 e. The lowest BCUT2D eigenvalue weighted by molar-refractivity contribution is 0.0996. The van der Waals surface area contributed by atoms with Crippen LogP contribution in [0, 0.1) is 6.92 Å². The quantitative estimate of drug-likeness (QED) is 0.582. The van der Waals surface area contributed by atoms with E-state index in [1.54, 1.807) is 16.8 Å². The zero-order valence-electron chi connectivity index (χ0n) is 18.7. The fraction of sp³-hybridized carbons (Fsp3) is 0.455. The topological polar surface area (TPSA) is 120 Å². The van der Waals surface area contributed by atoms with Gasteiger partial charge in [-0.3, -0.25) is 19.6 Å². The van der Waals surface area contributed by atoms with E-state index >= 15 is 0 Å². The van der Waals surface area contributed by atoms with E-state index in [1.165, 1.54) is 0 Å². The molecule has 3 aromatic rings. The maximum absolute atomic E-state index is 13.1. The van der Waals surface area contributed by atoms with Crippen molar-refractivity contribution in [3.63, 3.8) is 0 Å². The number of anilines is 2. The lowest BCUT2D eigenvalue weighted by atomic mass is 10.1. The molecule has 32 heavy (non-hydrogen) atoms. The molecule has 1 saturated heterocycles. The van der Waals surface area contributed by atoms with Gasteiger partial charge in [0.1, 0.15) is 5.69 Å². The predicted molar refractivity (Wildman–Crippen MR) is 122 cm³/mol. The number of imidazole rings is 1. The van der Waals surface area contributed by atoms with Crippen LogP contribution in [0.25, 0.3) is 11.0 Å². The normalized spacial score (nSPS) is 14.2. The lowest BCUT2D eigenvalue weighted by Gasteiger charge is -2.30. The van der Waals surface area contributed by atoms with Crippen LogP contribution < -0.4 is 16.0 Å². The average Bonchev–Trinajstić information content (AvgIpc) is 3.34. The number of aryl methyl sites for hydroxylation is 3. The standard InChI is InChI=1S/C22H29N7O3/c1-4-6-28-19-16(12-15(20(23)30)13-17(19)27-7-9-32-10-8-27)24-22(28)25-21(31)18-11-14(3)26-29(18)5-2/h11-13H,4-10H2,1-3H3,(H2,23,30)(H,24,25,31). The van der Waals surface area contributed by atoms with Gasteiger partial charge in [-0.1, -0.05) is 6.92 Å². The third kappa shape index (κ3) is 4.05. The number of carbonyl (C=O) groups is 2. The Balaban J connectivity index is 1.83. The number of carbonyl (C=O) groups excluding carboxylic acids is 2. The zero-order chi connectivity index (χ0) is 22.8. The molecule has 0 atom stereocenters. The van der Waals surface area contributed by atoms with Gasteiger partial charge in [0.05, 0.1) is 35.6 Å². The SMILES string of the molecule is CCCn1c(NC(=O)c2cc(C)nn2CC)nc2cc(C(N)=O)cc(N3CCOCC3)c21. The molecule has 3 N–H and O–H groups in total. The molecule has 0 saturated carbocycles. The molecular weight excluding hydrogens is 410 g/mol. The molecule has 1 aliphatic heterocycles. The van der Waals surface area contributed by atoms with Gasteiger partial charge in [-0.2, -0.15) is 5.10 Å². The van der Waals surface area contributed by atoms with E-state index in [1.807, 2.05) is 24.5 Å². The molecule has 4 rings (SSSR count). The fourth-order valence-electron chi connectivity index (χ4n) is 4.11. The van der Waals surface area contributed by atoms with Crippen molar-refractivity contribution in [3.8, 4) is 0 Å². The van der Waals surface area contributed by atoms with E-state index in [2.05, 4.69) is 22.2 Å². The molecule has 0 unspecified atom stereocenters. The van der Waals surface area contributed by atoms with Crippen molar-refractivity contribution in [2.24, 2.45) is 5.73 Å². The van der Waals surface area contributed by atoms with Gasteiger partial charge in [-0.15, -0.1) is 0 Å². The summed E-state index contributed by atoms with van der Waals surface area (Å²) in [6, 6.07) is 5.25. The fourth-order valence-corrected chi connectivity index (χ4v) is 4.11. The summed E-state index contributed by atoms with van der Waals surface area (Å²) < 4.78 is 9.17. The number of aromatic nitrogens is 4. The van der Waals surface area contributed by atoms with Crippen molar-refractivity contribution in [2.45, 2.75) is 40.3 Å². The second kappa shape index (κ2) is 8.99. The number of benzene rings is 1. The molecule has 170 valence electrons. The van der Waals surface area contributed by atoms with Crippen LogP contribution in [0.2, 0.25) is 0 Å². The first kappa shape index (κ1) is 21.8.